The summed E-state index contributed by atoms with van der Waals surface area (Å²) < 4.78 is 34.5. The van der Waals surface area contributed by atoms with Crippen molar-refractivity contribution in [3.63, 3.8) is 0 Å². The second-order valence-electron chi connectivity index (χ2n) is 7.96. The Morgan fingerprint density at radius 1 is 1.35 bits per heavy atom. The number of rotatable bonds is 6. The number of urea groups is 1. The van der Waals surface area contributed by atoms with E-state index in [9.17, 15) is 22.8 Å². The van der Waals surface area contributed by atoms with Gasteiger partial charge >= 0.3 is 6.03 Å². The van der Waals surface area contributed by atoms with Gasteiger partial charge < -0.3 is 19.7 Å². The van der Waals surface area contributed by atoms with Crippen LogP contribution >= 0.6 is 0 Å². The SMILES string of the molecule is COCCN(C(=O)CN1C(=O)N[C@]2(CCOc3ccccc32)C1=O)[C@H]1CCS(=O)(=O)C1. The van der Waals surface area contributed by atoms with E-state index in [1.165, 1.54) is 12.0 Å². The van der Waals surface area contributed by atoms with Crippen LogP contribution in [-0.4, -0.2) is 87.0 Å². The molecular formula is C20H25N3O7S. The molecule has 31 heavy (non-hydrogen) atoms. The summed E-state index contributed by atoms with van der Waals surface area (Å²) in [5.74, 6) is -0.588. The number of benzene rings is 1. The maximum atomic E-state index is 13.3. The van der Waals surface area contributed by atoms with E-state index in [0.29, 0.717) is 17.7 Å². The molecule has 0 aromatic heterocycles. The molecule has 1 spiro atoms. The van der Waals surface area contributed by atoms with Crippen molar-refractivity contribution in [2.24, 2.45) is 0 Å². The maximum Gasteiger partial charge on any atom is 0.325 e. The van der Waals surface area contributed by atoms with E-state index in [0.717, 1.165) is 4.90 Å². The molecule has 1 N–H and O–H groups in total. The second-order valence-corrected chi connectivity index (χ2v) is 10.2. The van der Waals surface area contributed by atoms with Gasteiger partial charge in [0.05, 0.1) is 24.7 Å². The number of fused-ring (bicyclic) bond motifs is 2. The standard InChI is InChI=1S/C20H25N3O7S/c1-29-10-8-22(14-6-11-31(27,28)13-14)17(24)12-23-18(25)20(21-19(23)26)7-9-30-16-5-3-2-4-15(16)20/h2-5,14H,6-13H2,1H3,(H,21,26)/t14-,20-/m0/s1. The molecule has 3 aliphatic heterocycles. The second kappa shape index (κ2) is 8.12. The van der Waals surface area contributed by atoms with Gasteiger partial charge in [-0.3, -0.25) is 14.5 Å². The number of ether oxygens (including phenoxy) is 2. The zero-order chi connectivity index (χ0) is 22.2. The number of nitrogens with one attached hydrogen (secondary N) is 1. The zero-order valence-electron chi connectivity index (χ0n) is 17.2. The molecule has 0 aliphatic carbocycles. The Morgan fingerprint density at radius 2 is 2.13 bits per heavy atom. The van der Waals surface area contributed by atoms with E-state index in [4.69, 9.17) is 9.47 Å². The van der Waals surface area contributed by atoms with Gasteiger partial charge in [0.1, 0.15) is 12.3 Å². The van der Waals surface area contributed by atoms with Crippen LogP contribution in [0.15, 0.2) is 24.3 Å². The molecular weight excluding hydrogens is 426 g/mol. The van der Waals surface area contributed by atoms with Gasteiger partial charge in [-0.1, -0.05) is 18.2 Å². The third kappa shape index (κ3) is 3.87. The number of para-hydroxylation sites is 1. The normalized spacial score (nSPS) is 26.5. The Bertz CT molecular complexity index is 1010. The average Bonchev–Trinajstić information content (AvgIpc) is 3.21. The van der Waals surface area contributed by atoms with Gasteiger partial charge in [-0.05, 0) is 12.5 Å². The van der Waals surface area contributed by atoms with E-state index in [1.54, 1.807) is 24.3 Å². The average molecular weight is 452 g/mol. The van der Waals surface area contributed by atoms with Gasteiger partial charge in [0, 0.05) is 31.7 Å². The summed E-state index contributed by atoms with van der Waals surface area (Å²) in [5.41, 5.74) is -0.701. The first kappa shape index (κ1) is 21.6. The van der Waals surface area contributed by atoms with Gasteiger partial charge in [-0.25, -0.2) is 13.2 Å². The molecule has 10 nitrogen and oxygen atoms in total. The number of imide groups is 1. The number of amides is 4. The Hall–Kier alpha value is -2.66. The monoisotopic (exact) mass is 451 g/mol. The predicted octanol–water partition coefficient (Wildman–Crippen LogP) is -0.122. The van der Waals surface area contributed by atoms with Crippen LogP contribution in [-0.2, 0) is 29.7 Å². The molecule has 11 heteroatoms. The van der Waals surface area contributed by atoms with Crippen LogP contribution in [0, 0.1) is 0 Å². The third-order valence-electron chi connectivity index (χ3n) is 6.06. The Kier molecular flexibility index (Phi) is 5.65. The minimum atomic E-state index is -3.21. The lowest BCUT2D eigenvalue weighted by molar-refractivity contribution is -0.141. The lowest BCUT2D eigenvalue weighted by Gasteiger charge is -2.33. The van der Waals surface area contributed by atoms with E-state index < -0.39 is 45.8 Å². The van der Waals surface area contributed by atoms with Crippen LogP contribution in [0.4, 0.5) is 4.79 Å². The highest BCUT2D eigenvalue weighted by Gasteiger charge is 2.55. The van der Waals surface area contributed by atoms with Crippen molar-refractivity contribution in [1.29, 1.82) is 0 Å². The molecule has 168 valence electrons. The minimum Gasteiger partial charge on any atom is -0.493 e. The minimum absolute atomic E-state index is 0.0114. The summed E-state index contributed by atoms with van der Waals surface area (Å²) in [6.07, 6.45) is 0.583. The molecule has 1 aromatic carbocycles. The lowest BCUT2D eigenvalue weighted by Crippen LogP contribution is -2.50. The number of methoxy groups -OCH3 is 1. The van der Waals surface area contributed by atoms with Gasteiger partial charge in [-0.15, -0.1) is 0 Å². The van der Waals surface area contributed by atoms with Crippen LogP contribution in [0.3, 0.4) is 0 Å². The topological polar surface area (TPSA) is 122 Å². The number of sulfone groups is 1. The van der Waals surface area contributed by atoms with Gasteiger partial charge in [0.25, 0.3) is 5.91 Å². The summed E-state index contributed by atoms with van der Waals surface area (Å²) >= 11 is 0. The molecule has 2 atom stereocenters. The van der Waals surface area contributed by atoms with Crippen LogP contribution in [0.5, 0.6) is 5.75 Å². The molecule has 2 saturated heterocycles. The van der Waals surface area contributed by atoms with Crippen molar-refractivity contribution in [3.8, 4) is 5.75 Å². The van der Waals surface area contributed by atoms with Crippen LogP contribution in [0.2, 0.25) is 0 Å². The summed E-state index contributed by atoms with van der Waals surface area (Å²) in [6.45, 7) is 0.193. The van der Waals surface area contributed by atoms with Crippen LogP contribution in [0.25, 0.3) is 0 Å². The Balaban J connectivity index is 1.55. The van der Waals surface area contributed by atoms with Crippen molar-refractivity contribution in [2.45, 2.75) is 24.4 Å². The Labute approximate surface area is 180 Å². The Morgan fingerprint density at radius 3 is 2.84 bits per heavy atom. The third-order valence-corrected chi connectivity index (χ3v) is 7.81. The molecule has 0 saturated carbocycles. The maximum absolute atomic E-state index is 13.3. The van der Waals surface area contributed by atoms with Crippen molar-refractivity contribution in [3.05, 3.63) is 29.8 Å². The largest absolute Gasteiger partial charge is 0.493 e. The van der Waals surface area contributed by atoms with E-state index in [1.807, 2.05) is 0 Å². The van der Waals surface area contributed by atoms with Crippen molar-refractivity contribution < 1.29 is 32.3 Å². The highest BCUT2D eigenvalue weighted by atomic mass is 32.2. The van der Waals surface area contributed by atoms with Crippen molar-refractivity contribution >= 4 is 27.7 Å². The molecule has 2 fully saturated rings. The number of nitrogens with zero attached hydrogens (tertiary/aromatic N) is 2. The molecule has 0 radical (unpaired) electrons. The first-order valence-electron chi connectivity index (χ1n) is 10.1. The lowest BCUT2D eigenvalue weighted by atomic mass is 9.84. The highest BCUT2D eigenvalue weighted by Crippen LogP contribution is 2.40. The van der Waals surface area contributed by atoms with Crippen LogP contribution < -0.4 is 10.1 Å². The number of carbonyl (C=O) groups is 3. The molecule has 3 aliphatic rings. The fraction of sp³-hybridized carbons (Fsp3) is 0.550. The molecule has 0 unspecified atom stereocenters. The summed E-state index contributed by atoms with van der Waals surface area (Å²) in [6, 6.07) is 5.86. The fourth-order valence-corrected chi connectivity index (χ4v) is 6.19. The predicted molar refractivity (Wildman–Crippen MR) is 109 cm³/mol. The summed E-state index contributed by atoms with van der Waals surface area (Å²) in [7, 11) is -1.73. The fourth-order valence-electron chi connectivity index (χ4n) is 4.46. The van der Waals surface area contributed by atoms with Crippen molar-refractivity contribution in [1.82, 2.24) is 15.1 Å². The van der Waals surface area contributed by atoms with Crippen LogP contribution in [0.1, 0.15) is 18.4 Å². The smallest absolute Gasteiger partial charge is 0.325 e. The zero-order valence-corrected chi connectivity index (χ0v) is 18.0. The van der Waals surface area contributed by atoms with Gasteiger partial charge in [0.2, 0.25) is 5.91 Å². The first-order chi connectivity index (χ1) is 14.8. The number of carbonyl (C=O) groups excluding carboxylic acids is 3. The molecule has 0 bridgehead atoms. The van der Waals surface area contributed by atoms with Crippen molar-refractivity contribution in [2.75, 3.05) is 44.9 Å². The molecule has 4 rings (SSSR count). The first-order valence-corrected chi connectivity index (χ1v) is 11.9. The number of hydrogen-bond donors (Lipinski definition) is 1. The van der Waals surface area contributed by atoms with E-state index in [2.05, 4.69) is 5.32 Å². The van der Waals surface area contributed by atoms with Gasteiger partial charge in [-0.2, -0.15) is 0 Å². The van der Waals surface area contributed by atoms with Gasteiger partial charge in [0.15, 0.2) is 15.4 Å². The quantitative estimate of drug-likeness (QED) is 0.598. The molecule has 1 aromatic rings. The number of hydrogen-bond acceptors (Lipinski definition) is 7. The summed E-state index contributed by atoms with van der Waals surface area (Å²) in [4.78, 5) is 41.5. The van der Waals surface area contributed by atoms with E-state index in [-0.39, 0.29) is 37.7 Å². The molecule has 4 amide bonds. The highest BCUT2D eigenvalue weighted by molar-refractivity contribution is 7.91. The summed E-state index contributed by atoms with van der Waals surface area (Å²) in [5, 5.41) is 2.76. The van der Waals surface area contributed by atoms with E-state index >= 15 is 0 Å². The molecule has 3 heterocycles.